The minimum Gasteiger partial charge on any atom is -0.391 e. The van der Waals surface area contributed by atoms with Crippen LogP contribution in [0.2, 0.25) is 0 Å². The molecule has 0 saturated carbocycles. The second-order valence-electron chi connectivity index (χ2n) is 2.96. The first-order valence-corrected chi connectivity index (χ1v) is 4.62. The van der Waals surface area contributed by atoms with Crippen molar-refractivity contribution in [3.8, 4) is 12.3 Å². The molecule has 0 spiro atoms. The third-order valence-corrected chi connectivity index (χ3v) is 1.69. The Kier molecular flexibility index (Phi) is 9.12. The largest absolute Gasteiger partial charge is 0.391 e. The van der Waals surface area contributed by atoms with E-state index in [2.05, 4.69) is 11.2 Å². The number of aliphatic hydroxyl groups is 1. The van der Waals surface area contributed by atoms with Gasteiger partial charge in [0.25, 0.3) is 0 Å². The van der Waals surface area contributed by atoms with Crippen molar-refractivity contribution in [1.82, 2.24) is 5.32 Å². The van der Waals surface area contributed by atoms with Crippen molar-refractivity contribution in [2.75, 3.05) is 26.8 Å². The standard InChI is InChI=1S/C10H19NO2/c1-3-4-5-7-11-8-6-10(12)9-13-2/h1,10-12H,4-9H2,2H3. The summed E-state index contributed by atoms with van der Waals surface area (Å²) in [5.74, 6) is 2.58. The van der Waals surface area contributed by atoms with Gasteiger partial charge in [0, 0.05) is 13.5 Å². The number of nitrogens with one attached hydrogen (secondary N) is 1. The normalized spacial score (nSPS) is 12.4. The molecule has 0 rings (SSSR count). The van der Waals surface area contributed by atoms with E-state index in [4.69, 9.17) is 11.2 Å². The Labute approximate surface area is 80.5 Å². The van der Waals surface area contributed by atoms with E-state index in [1.807, 2.05) is 0 Å². The molecular formula is C10H19NO2. The first-order chi connectivity index (χ1) is 6.31. The van der Waals surface area contributed by atoms with Gasteiger partial charge in [-0.05, 0) is 25.9 Å². The van der Waals surface area contributed by atoms with Gasteiger partial charge in [0.1, 0.15) is 0 Å². The number of hydrogen-bond donors (Lipinski definition) is 2. The van der Waals surface area contributed by atoms with Crippen molar-refractivity contribution in [2.45, 2.75) is 25.4 Å². The lowest BCUT2D eigenvalue weighted by Crippen LogP contribution is -2.23. The van der Waals surface area contributed by atoms with Gasteiger partial charge < -0.3 is 15.2 Å². The lowest BCUT2D eigenvalue weighted by molar-refractivity contribution is 0.0595. The molecule has 0 aromatic rings. The van der Waals surface area contributed by atoms with Crippen LogP contribution in [0.5, 0.6) is 0 Å². The van der Waals surface area contributed by atoms with Gasteiger partial charge in [0.2, 0.25) is 0 Å². The molecule has 76 valence electrons. The zero-order chi connectivity index (χ0) is 9.94. The predicted octanol–water partition coefficient (Wildman–Crippen LogP) is 0.387. The van der Waals surface area contributed by atoms with E-state index in [1.54, 1.807) is 7.11 Å². The van der Waals surface area contributed by atoms with E-state index in [1.165, 1.54) is 0 Å². The van der Waals surface area contributed by atoms with Crippen LogP contribution in [0.25, 0.3) is 0 Å². The van der Waals surface area contributed by atoms with Crippen LogP contribution in [0.4, 0.5) is 0 Å². The summed E-state index contributed by atoms with van der Waals surface area (Å²) in [6.45, 7) is 2.14. The minimum absolute atomic E-state index is 0.356. The number of terminal acetylenes is 1. The molecule has 1 atom stereocenters. The summed E-state index contributed by atoms with van der Waals surface area (Å²) >= 11 is 0. The lowest BCUT2D eigenvalue weighted by atomic mass is 10.2. The summed E-state index contributed by atoms with van der Waals surface area (Å²) in [6, 6.07) is 0. The number of rotatable bonds is 8. The van der Waals surface area contributed by atoms with Crippen molar-refractivity contribution in [3.63, 3.8) is 0 Å². The molecule has 3 heteroatoms. The van der Waals surface area contributed by atoms with Crippen molar-refractivity contribution < 1.29 is 9.84 Å². The monoisotopic (exact) mass is 185 g/mol. The average Bonchev–Trinajstić information content (AvgIpc) is 2.11. The first-order valence-electron chi connectivity index (χ1n) is 4.62. The molecule has 0 fully saturated rings. The quantitative estimate of drug-likeness (QED) is 0.424. The van der Waals surface area contributed by atoms with Crippen LogP contribution in [0.3, 0.4) is 0 Å². The summed E-state index contributed by atoms with van der Waals surface area (Å²) in [5.41, 5.74) is 0. The van der Waals surface area contributed by atoms with Crippen molar-refractivity contribution in [1.29, 1.82) is 0 Å². The van der Waals surface area contributed by atoms with Gasteiger partial charge in [-0.2, -0.15) is 0 Å². The highest BCUT2D eigenvalue weighted by Gasteiger charge is 2.01. The highest BCUT2D eigenvalue weighted by molar-refractivity contribution is 4.83. The molecule has 0 aromatic carbocycles. The van der Waals surface area contributed by atoms with E-state index in [-0.39, 0.29) is 6.10 Å². The molecular weight excluding hydrogens is 166 g/mol. The van der Waals surface area contributed by atoms with Gasteiger partial charge >= 0.3 is 0 Å². The van der Waals surface area contributed by atoms with Gasteiger partial charge in [0.05, 0.1) is 12.7 Å². The van der Waals surface area contributed by atoms with Gasteiger partial charge in [-0.15, -0.1) is 12.3 Å². The topological polar surface area (TPSA) is 41.5 Å². The molecule has 0 bridgehead atoms. The smallest absolute Gasteiger partial charge is 0.0785 e. The average molecular weight is 185 g/mol. The number of hydrogen-bond acceptors (Lipinski definition) is 3. The second kappa shape index (κ2) is 9.53. The molecule has 0 saturated heterocycles. The van der Waals surface area contributed by atoms with E-state index in [9.17, 15) is 5.11 Å². The molecule has 2 N–H and O–H groups in total. The molecule has 0 amide bonds. The van der Waals surface area contributed by atoms with E-state index in [0.717, 1.165) is 32.4 Å². The van der Waals surface area contributed by atoms with Crippen molar-refractivity contribution in [3.05, 3.63) is 0 Å². The van der Waals surface area contributed by atoms with Gasteiger partial charge in [0.15, 0.2) is 0 Å². The fraction of sp³-hybridized carbons (Fsp3) is 0.800. The summed E-state index contributed by atoms with van der Waals surface area (Å²) in [5, 5.41) is 12.5. The van der Waals surface area contributed by atoms with Crippen LogP contribution in [-0.2, 0) is 4.74 Å². The van der Waals surface area contributed by atoms with E-state index < -0.39 is 0 Å². The van der Waals surface area contributed by atoms with Gasteiger partial charge in [-0.1, -0.05) is 0 Å². The Hall–Kier alpha value is -0.560. The maximum Gasteiger partial charge on any atom is 0.0785 e. The van der Waals surface area contributed by atoms with Crippen LogP contribution in [0, 0.1) is 12.3 Å². The van der Waals surface area contributed by atoms with E-state index in [0.29, 0.717) is 6.61 Å². The maximum absolute atomic E-state index is 9.25. The second-order valence-corrected chi connectivity index (χ2v) is 2.96. The summed E-state index contributed by atoms with van der Waals surface area (Å²) in [7, 11) is 1.59. The first kappa shape index (κ1) is 12.4. The number of methoxy groups -OCH3 is 1. The lowest BCUT2D eigenvalue weighted by Gasteiger charge is -2.09. The molecule has 0 aliphatic carbocycles. The van der Waals surface area contributed by atoms with Crippen LogP contribution in [-0.4, -0.2) is 38.0 Å². The van der Waals surface area contributed by atoms with Crippen LogP contribution in [0.15, 0.2) is 0 Å². The highest BCUT2D eigenvalue weighted by atomic mass is 16.5. The third-order valence-electron chi connectivity index (χ3n) is 1.69. The highest BCUT2D eigenvalue weighted by Crippen LogP contribution is 1.90. The zero-order valence-corrected chi connectivity index (χ0v) is 8.25. The molecule has 3 nitrogen and oxygen atoms in total. The fourth-order valence-electron chi connectivity index (χ4n) is 0.985. The predicted molar refractivity (Wildman–Crippen MR) is 53.4 cm³/mol. The van der Waals surface area contributed by atoms with Gasteiger partial charge in [-0.3, -0.25) is 0 Å². The van der Waals surface area contributed by atoms with Crippen molar-refractivity contribution in [2.24, 2.45) is 0 Å². The Balaban J connectivity index is 3.03. The summed E-state index contributed by atoms with van der Waals surface area (Å²) in [4.78, 5) is 0. The third kappa shape index (κ3) is 9.35. The van der Waals surface area contributed by atoms with Crippen LogP contribution >= 0.6 is 0 Å². The molecule has 0 aliphatic rings. The number of ether oxygens (including phenoxy) is 1. The Bertz CT molecular complexity index is 142. The molecule has 0 aliphatic heterocycles. The SMILES string of the molecule is C#CCCCNCCC(O)COC. The fourth-order valence-corrected chi connectivity index (χ4v) is 0.985. The molecule has 13 heavy (non-hydrogen) atoms. The number of unbranched alkanes of at least 4 members (excludes halogenated alkanes) is 1. The summed E-state index contributed by atoms with van der Waals surface area (Å²) in [6.07, 6.45) is 7.28. The van der Waals surface area contributed by atoms with Crippen LogP contribution in [0.1, 0.15) is 19.3 Å². The van der Waals surface area contributed by atoms with Crippen molar-refractivity contribution >= 4 is 0 Å². The van der Waals surface area contributed by atoms with E-state index >= 15 is 0 Å². The minimum atomic E-state index is -0.356. The molecule has 1 unspecified atom stereocenters. The summed E-state index contributed by atoms with van der Waals surface area (Å²) < 4.78 is 4.79. The number of aliphatic hydroxyl groups excluding tert-OH is 1. The Morgan fingerprint density at radius 1 is 1.54 bits per heavy atom. The molecule has 0 aromatic heterocycles. The maximum atomic E-state index is 9.25. The van der Waals surface area contributed by atoms with Gasteiger partial charge in [-0.25, -0.2) is 0 Å². The molecule has 0 radical (unpaired) electrons. The molecule has 0 heterocycles. The Morgan fingerprint density at radius 2 is 2.31 bits per heavy atom. The zero-order valence-electron chi connectivity index (χ0n) is 8.25. The Morgan fingerprint density at radius 3 is 2.92 bits per heavy atom. The van der Waals surface area contributed by atoms with Crippen LogP contribution < -0.4 is 5.32 Å².